The molecule has 0 amide bonds. The fourth-order valence-electron chi connectivity index (χ4n) is 3.27. The van der Waals surface area contributed by atoms with Gasteiger partial charge in [0.1, 0.15) is 0 Å². The Hall–Kier alpha value is -1.56. The highest BCUT2D eigenvalue weighted by Gasteiger charge is 2.17. The minimum atomic E-state index is 0.496. The molecular weight excluding hydrogens is 288 g/mol. The SMILES string of the molecule is CC(C)c1[c]c(C(C)C)cc(-c2c(C(C)C)cccc2C(C)C)c1. The van der Waals surface area contributed by atoms with Gasteiger partial charge in [-0.1, -0.05) is 85.7 Å². The lowest BCUT2D eigenvalue weighted by Crippen LogP contribution is -2.02. The van der Waals surface area contributed by atoms with Crippen LogP contribution in [0.1, 0.15) is 101 Å². The van der Waals surface area contributed by atoms with Gasteiger partial charge in [-0.25, -0.2) is 0 Å². The minimum Gasteiger partial charge on any atom is -0.0617 e. The topological polar surface area (TPSA) is 0 Å². The molecule has 0 saturated carbocycles. The van der Waals surface area contributed by atoms with Gasteiger partial charge >= 0.3 is 0 Å². The molecule has 24 heavy (non-hydrogen) atoms. The minimum absolute atomic E-state index is 0.496. The summed E-state index contributed by atoms with van der Waals surface area (Å²) in [7, 11) is 0. The lowest BCUT2D eigenvalue weighted by atomic mass is 9.82. The zero-order valence-electron chi connectivity index (χ0n) is 16.7. The molecule has 0 aliphatic rings. The molecule has 0 nitrogen and oxygen atoms in total. The van der Waals surface area contributed by atoms with Crippen LogP contribution in [0.15, 0.2) is 30.3 Å². The first-order chi connectivity index (χ1) is 11.2. The molecule has 0 unspecified atom stereocenters. The van der Waals surface area contributed by atoms with E-state index in [1.807, 2.05) is 0 Å². The molecule has 2 aromatic carbocycles. The number of rotatable bonds is 5. The van der Waals surface area contributed by atoms with Crippen LogP contribution in [0.25, 0.3) is 11.1 Å². The zero-order chi connectivity index (χ0) is 18.0. The highest BCUT2D eigenvalue weighted by molar-refractivity contribution is 5.74. The second-order valence-electron chi connectivity index (χ2n) is 8.21. The summed E-state index contributed by atoms with van der Waals surface area (Å²) in [6.07, 6.45) is 0. The second-order valence-corrected chi connectivity index (χ2v) is 8.21. The van der Waals surface area contributed by atoms with E-state index in [-0.39, 0.29) is 0 Å². The van der Waals surface area contributed by atoms with Gasteiger partial charge in [0.05, 0.1) is 0 Å². The summed E-state index contributed by atoms with van der Waals surface area (Å²) in [4.78, 5) is 0. The maximum atomic E-state index is 3.65. The van der Waals surface area contributed by atoms with Gasteiger partial charge in [-0.3, -0.25) is 0 Å². The summed E-state index contributed by atoms with van der Waals surface area (Å²) in [5.41, 5.74) is 8.37. The molecule has 129 valence electrons. The summed E-state index contributed by atoms with van der Waals surface area (Å²) in [5, 5.41) is 0. The Morgan fingerprint density at radius 3 is 1.38 bits per heavy atom. The van der Waals surface area contributed by atoms with E-state index in [0.29, 0.717) is 23.7 Å². The van der Waals surface area contributed by atoms with Gasteiger partial charge in [0, 0.05) is 0 Å². The van der Waals surface area contributed by atoms with Crippen molar-refractivity contribution in [1.82, 2.24) is 0 Å². The molecule has 0 aliphatic carbocycles. The van der Waals surface area contributed by atoms with E-state index >= 15 is 0 Å². The molecule has 0 spiro atoms. The van der Waals surface area contributed by atoms with Crippen molar-refractivity contribution in [3.05, 3.63) is 58.7 Å². The predicted octanol–water partition coefficient (Wildman–Crippen LogP) is 7.65. The maximum absolute atomic E-state index is 3.65. The predicted molar refractivity (Wildman–Crippen MR) is 107 cm³/mol. The van der Waals surface area contributed by atoms with Crippen LogP contribution in [-0.2, 0) is 0 Å². The van der Waals surface area contributed by atoms with Gasteiger partial charge in [0.25, 0.3) is 0 Å². The van der Waals surface area contributed by atoms with Gasteiger partial charge in [-0.2, -0.15) is 0 Å². The van der Waals surface area contributed by atoms with Crippen molar-refractivity contribution in [2.45, 2.75) is 79.1 Å². The molecule has 0 heterocycles. The normalized spacial score (nSPS) is 12.0. The number of benzene rings is 2. The summed E-state index contributed by atoms with van der Waals surface area (Å²) >= 11 is 0. The molecule has 0 heteroatoms. The third-order valence-corrected chi connectivity index (χ3v) is 4.82. The van der Waals surface area contributed by atoms with Crippen LogP contribution >= 0.6 is 0 Å². The molecule has 2 aromatic rings. The fraction of sp³-hybridized carbons (Fsp3) is 0.500. The van der Waals surface area contributed by atoms with E-state index in [1.165, 1.54) is 33.4 Å². The van der Waals surface area contributed by atoms with Crippen molar-refractivity contribution in [3.63, 3.8) is 0 Å². The first-order valence-corrected chi connectivity index (χ1v) is 9.42. The van der Waals surface area contributed by atoms with Gasteiger partial charge < -0.3 is 0 Å². The molecule has 0 aliphatic heterocycles. The van der Waals surface area contributed by atoms with E-state index in [9.17, 15) is 0 Å². The van der Waals surface area contributed by atoms with E-state index in [4.69, 9.17) is 0 Å². The Balaban J connectivity index is 2.79. The van der Waals surface area contributed by atoms with Crippen LogP contribution in [0.4, 0.5) is 0 Å². The standard InChI is InChI=1S/C24H33/c1-15(2)19-12-20(16(3)4)14-21(13-19)24-22(17(5)6)10-9-11-23(24)18(7)8/h9-11,13-18H,1-8H3. The largest absolute Gasteiger partial charge is 0.0617 e. The van der Waals surface area contributed by atoms with Gasteiger partial charge in [-0.05, 0) is 63.1 Å². The van der Waals surface area contributed by atoms with Crippen molar-refractivity contribution < 1.29 is 0 Å². The summed E-state index contributed by atoms with van der Waals surface area (Å²) in [5.74, 6) is 2.04. The molecule has 0 N–H and O–H groups in total. The molecule has 0 aromatic heterocycles. The lowest BCUT2D eigenvalue weighted by Gasteiger charge is -2.22. The van der Waals surface area contributed by atoms with Crippen molar-refractivity contribution in [3.8, 4) is 11.1 Å². The average molecular weight is 322 g/mol. The van der Waals surface area contributed by atoms with Crippen molar-refractivity contribution in [2.75, 3.05) is 0 Å². The highest BCUT2D eigenvalue weighted by atomic mass is 14.2. The van der Waals surface area contributed by atoms with Crippen LogP contribution < -0.4 is 0 Å². The molecular formula is C24H33. The quantitative estimate of drug-likeness (QED) is 0.530. The molecule has 0 saturated heterocycles. The average Bonchev–Trinajstić information content (AvgIpc) is 2.53. The van der Waals surface area contributed by atoms with Crippen molar-refractivity contribution in [2.24, 2.45) is 0 Å². The van der Waals surface area contributed by atoms with Crippen LogP contribution in [0.2, 0.25) is 0 Å². The Bertz CT molecular complexity index is 635. The summed E-state index contributed by atoms with van der Waals surface area (Å²) in [6.45, 7) is 18.2. The highest BCUT2D eigenvalue weighted by Crippen LogP contribution is 2.38. The first kappa shape index (κ1) is 18.8. The van der Waals surface area contributed by atoms with E-state index < -0.39 is 0 Å². The smallest absolute Gasteiger partial charge is 0.0108 e. The van der Waals surface area contributed by atoms with Crippen LogP contribution in [0.5, 0.6) is 0 Å². The number of hydrogen-bond acceptors (Lipinski definition) is 0. The maximum Gasteiger partial charge on any atom is -0.0108 e. The Labute approximate surface area is 149 Å². The van der Waals surface area contributed by atoms with Crippen LogP contribution in [-0.4, -0.2) is 0 Å². The van der Waals surface area contributed by atoms with E-state index in [2.05, 4.69) is 91.8 Å². The fourth-order valence-corrected chi connectivity index (χ4v) is 3.27. The number of hydrogen-bond donors (Lipinski definition) is 0. The van der Waals surface area contributed by atoms with Crippen molar-refractivity contribution in [1.29, 1.82) is 0 Å². The monoisotopic (exact) mass is 321 g/mol. The second kappa shape index (κ2) is 7.55. The summed E-state index contributed by atoms with van der Waals surface area (Å²) < 4.78 is 0. The Kier molecular flexibility index (Phi) is 5.91. The molecule has 1 radical (unpaired) electrons. The molecule has 0 fully saturated rings. The zero-order valence-corrected chi connectivity index (χ0v) is 16.7. The third-order valence-electron chi connectivity index (χ3n) is 4.82. The molecule has 0 atom stereocenters. The Morgan fingerprint density at radius 2 is 1.04 bits per heavy atom. The van der Waals surface area contributed by atoms with Crippen LogP contribution in [0.3, 0.4) is 0 Å². The third kappa shape index (κ3) is 3.91. The van der Waals surface area contributed by atoms with E-state index in [1.54, 1.807) is 0 Å². The van der Waals surface area contributed by atoms with Gasteiger partial charge in [0.2, 0.25) is 0 Å². The first-order valence-electron chi connectivity index (χ1n) is 9.42. The van der Waals surface area contributed by atoms with Crippen LogP contribution in [0, 0.1) is 6.07 Å². The molecule has 2 rings (SSSR count). The summed E-state index contributed by atoms with van der Waals surface area (Å²) in [6, 6.07) is 15.2. The van der Waals surface area contributed by atoms with Gasteiger partial charge in [0.15, 0.2) is 0 Å². The van der Waals surface area contributed by atoms with Gasteiger partial charge in [-0.15, -0.1) is 0 Å². The molecule has 0 bridgehead atoms. The Morgan fingerprint density at radius 1 is 0.625 bits per heavy atom. The van der Waals surface area contributed by atoms with E-state index in [0.717, 1.165) is 0 Å². The lowest BCUT2D eigenvalue weighted by molar-refractivity contribution is 0.825. The van der Waals surface area contributed by atoms with Crippen molar-refractivity contribution >= 4 is 0 Å².